The number of hydrogen-bond donors (Lipinski definition) is 2. The smallest absolute Gasteiger partial charge is 0.134 e. The molecule has 1 aromatic heterocycles. The van der Waals surface area contributed by atoms with Crippen molar-refractivity contribution in [3.63, 3.8) is 0 Å². The molecule has 0 radical (unpaired) electrons. The first-order valence-corrected chi connectivity index (χ1v) is 6.74. The second-order valence-electron chi connectivity index (χ2n) is 4.78. The fourth-order valence-corrected chi connectivity index (χ4v) is 2.57. The molecular formula is C17H18N2O. The van der Waals surface area contributed by atoms with Crippen LogP contribution in [0.2, 0.25) is 0 Å². The maximum absolute atomic E-state index is 5.65. The van der Waals surface area contributed by atoms with Crippen molar-refractivity contribution in [2.24, 2.45) is 0 Å². The number of nitrogens with one attached hydrogen (secondary N) is 2. The van der Waals surface area contributed by atoms with Gasteiger partial charge in [0.05, 0.1) is 12.3 Å². The van der Waals surface area contributed by atoms with E-state index >= 15 is 0 Å². The fraction of sp³-hybridized carbons (Fsp3) is 0.176. The molecule has 0 aliphatic carbocycles. The third-order valence-corrected chi connectivity index (χ3v) is 3.64. The van der Waals surface area contributed by atoms with Gasteiger partial charge in [0.15, 0.2) is 0 Å². The van der Waals surface area contributed by atoms with Crippen LogP contribution in [0, 0.1) is 0 Å². The van der Waals surface area contributed by atoms with Crippen molar-refractivity contribution in [3.8, 4) is 0 Å². The van der Waals surface area contributed by atoms with E-state index in [0.29, 0.717) is 0 Å². The molecule has 0 saturated heterocycles. The van der Waals surface area contributed by atoms with Crippen molar-refractivity contribution < 1.29 is 4.42 Å². The highest BCUT2D eigenvalue weighted by molar-refractivity contribution is 5.82. The average Bonchev–Trinajstić information content (AvgIpc) is 2.93. The maximum Gasteiger partial charge on any atom is 0.134 e. The Kier molecular flexibility index (Phi) is 3.44. The van der Waals surface area contributed by atoms with Crippen LogP contribution >= 0.6 is 0 Å². The third-order valence-electron chi connectivity index (χ3n) is 3.64. The topological polar surface area (TPSA) is 37.2 Å². The first kappa shape index (κ1) is 12.8. The third kappa shape index (κ3) is 2.17. The molecule has 20 heavy (non-hydrogen) atoms. The monoisotopic (exact) mass is 266 g/mol. The Morgan fingerprint density at radius 1 is 0.950 bits per heavy atom. The lowest BCUT2D eigenvalue weighted by Gasteiger charge is -2.16. The number of para-hydroxylation sites is 1. The van der Waals surface area contributed by atoms with Crippen molar-refractivity contribution in [2.45, 2.75) is 6.04 Å². The molecule has 0 spiro atoms. The number of furan rings is 1. The number of fused-ring (bicyclic) bond motifs is 1. The molecule has 0 aliphatic rings. The summed E-state index contributed by atoms with van der Waals surface area (Å²) in [7, 11) is 3.90. The lowest BCUT2D eigenvalue weighted by Crippen LogP contribution is -2.17. The van der Waals surface area contributed by atoms with Crippen LogP contribution in [0.3, 0.4) is 0 Å². The molecule has 0 fully saturated rings. The molecule has 3 aromatic rings. The maximum atomic E-state index is 5.65. The zero-order valence-electron chi connectivity index (χ0n) is 11.7. The molecule has 3 rings (SSSR count). The summed E-state index contributed by atoms with van der Waals surface area (Å²) in [6, 6.07) is 16.7. The van der Waals surface area contributed by atoms with Crippen molar-refractivity contribution in [2.75, 3.05) is 19.4 Å². The van der Waals surface area contributed by atoms with E-state index in [1.54, 1.807) is 0 Å². The molecule has 102 valence electrons. The van der Waals surface area contributed by atoms with Gasteiger partial charge in [-0.1, -0.05) is 30.3 Å². The van der Waals surface area contributed by atoms with Gasteiger partial charge in [0.1, 0.15) is 5.58 Å². The van der Waals surface area contributed by atoms with Crippen LogP contribution in [0.1, 0.15) is 17.2 Å². The first-order valence-electron chi connectivity index (χ1n) is 6.74. The molecule has 1 heterocycles. The predicted octanol–water partition coefficient (Wildman–Crippen LogP) is 3.78. The van der Waals surface area contributed by atoms with E-state index in [1.807, 2.05) is 38.6 Å². The van der Waals surface area contributed by atoms with Crippen molar-refractivity contribution in [1.82, 2.24) is 5.32 Å². The van der Waals surface area contributed by atoms with Gasteiger partial charge in [-0.3, -0.25) is 0 Å². The van der Waals surface area contributed by atoms with Crippen molar-refractivity contribution in [1.29, 1.82) is 0 Å². The number of anilines is 1. The molecule has 0 saturated carbocycles. The Labute approximate surface area is 118 Å². The minimum absolute atomic E-state index is 0.129. The standard InChI is InChI=1S/C17H18N2O/c1-18-13-9-7-12(8-10-13)17(19-2)15-11-20-16-6-4-3-5-14(15)16/h3-11,17-19H,1-2H3. The van der Waals surface area contributed by atoms with Crippen LogP contribution in [0.4, 0.5) is 5.69 Å². The van der Waals surface area contributed by atoms with Crippen LogP contribution in [0.15, 0.2) is 59.2 Å². The van der Waals surface area contributed by atoms with Crippen LogP contribution < -0.4 is 10.6 Å². The summed E-state index contributed by atoms with van der Waals surface area (Å²) in [5.74, 6) is 0. The number of benzene rings is 2. The second-order valence-corrected chi connectivity index (χ2v) is 4.78. The van der Waals surface area contributed by atoms with Gasteiger partial charge >= 0.3 is 0 Å². The second kappa shape index (κ2) is 5.39. The highest BCUT2D eigenvalue weighted by Gasteiger charge is 2.17. The van der Waals surface area contributed by atoms with Crippen LogP contribution in [0.25, 0.3) is 11.0 Å². The quantitative estimate of drug-likeness (QED) is 0.754. The van der Waals surface area contributed by atoms with E-state index < -0.39 is 0 Å². The van der Waals surface area contributed by atoms with Gasteiger partial charge in [0.25, 0.3) is 0 Å². The van der Waals surface area contributed by atoms with Gasteiger partial charge in [-0.05, 0) is 30.8 Å². The molecule has 3 nitrogen and oxygen atoms in total. The number of rotatable bonds is 4. The van der Waals surface area contributed by atoms with E-state index in [2.05, 4.69) is 41.0 Å². The molecule has 0 amide bonds. The van der Waals surface area contributed by atoms with Crippen LogP contribution in [-0.2, 0) is 0 Å². The summed E-state index contributed by atoms with van der Waals surface area (Å²) in [6.45, 7) is 0. The summed E-state index contributed by atoms with van der Waals surface area (Å²) in [5, 5.41) is 7.66. The molecule has 1 atom stereocenters. The van der Waals surface area contributed by atoms with E-state index in [0.717, 1.165) is 16.7 Å². The normalized spacial score (nSPS) is 12.5. The molecule has 0 bridgehead atoms. The first-order chi connectivity index (χ1) is 9.83. The van der Waals surface area contributed by atoms with E-state index in [9.17, 15) is 0 Å². The summed E-state index contributed by atoms with van der Waals surface area (Å²) in [5.41, 5.74) is 4.42. The van der Waals surface area contributed by atoms with Gasteiger partial charge in [0, 0.05) is 23.7 Å². The Morgan fingerprint density at radius 3 is 2.40 bits per heavy atom. The molecule has 0 aliphatic heterocycles. The average molecular weight is 266 g/mol. The summed E-state index contributed by atoms with van der Waals surface area (Å²) in [6.07, 6.45) is 1.85. The van der Waals surface area contributed by atoms with E-state index in [-0.39, 0.29) is 6.04 Å². The predicted molar refractivity (Wildman–Crippen MR) is 83.1 cm³/mol. The van der Waals surface area contributed by atoms with Gasteiger partial charge in [-0.2, -0.15) is 0 Å². The van der Waals surface area contributed by atoms with Gasteiger partial charge in [0.2, 0.25) is 0 Å². The summed E-state index contributed by atoms with van der Waals surface area (Å²) in [4.78, 5) is 0. The number of hydrogen-bond acceptors (Lipinski definition) is 3. The fourth-order valence-electron chi connectivity index (χ4n) is 2.57. The minimum Gasteiger partial charge on any atom is -0.464 e. The zero-order chi connectivity index (χ0) is 13.9. The van der Waals surface area contributed by atoms with Crippen molar-refractivity contribution >= 4 is 16.7 Å². The summed E-state index contributed by atoms with van der Waals surface area (Å²) >= 11 is 0. The Morgan fingerprint density at radius 2 is 1.70 bits per heavy atom. The Hall–Kier alpha value is -2.26. The molecule has 2 N–H and O–H groups in total. The zero-order valence-corrected chi connectivity index (χ0v) is 11.7. The van der Waals surface area contributed by atoms with E-state index in [4.69, 9.17) is 4.42 Å². The largest absolute Gasteiger partial charge is 0.464 e. The Bertz CT molecular complexity index is 700. The Balaban J connectivity index is 2.04. The van der Waals surface area contributed by atoms with Crippen molar-refractivity contribution in [3.05, 3.63) is 65.9 Å². The summed E-state index contributed by atoms with van der Waals surface area (Å²) < 4.78 is 5.65. The lowest BCUT2D eigenvalue weighted by molar-refractivity contribution is 0.597. The SMILES string of the molecule is CNc1ccc(C(NC)c2coc3ccccc23)cc1. The van der Waals surface area contributed by atoms with Gasteiger partial charge in [-0.15, -0.1) is 0 Å². The molecule has 3 heteroatoms. The minimum atomic E-state index is 0.129. The van der Waals surface area contributed by atoms with Crippen LogP contribution in [0.5, 0.6) is 0 Å². The van der Waals surface area contributed by atoms with Gasteiger partial charge < -0.3 is 15.1 Å². The molecular weight excluding hydrogens is 248 g/mol. The lowest BCUT2D eigenvalue weighted by atomic mass is 9.98. The molecule has 2 aromatic carbocycles. The molecule has 1 unspecified atom stereocenters. The van der Waals surface area contributed by atoms with Crippen LogP contribution in [-0.4, -0.2) is 14.1 Å². The highest BCUT2D eigenvalue weighted by atomic mass is 16.3. The van der Waals surface area contributed by atoms with E-state index in [1.165, 1.54) is 11.1 Å². The highest BCUT2D eigenvalue weighted by Crippen LogP contribution is 2.30. The van der Waals surface area contributed by atoms with Gasteiger partial charge in [-0.25, -0.2) is 0 Å².